The zero-order chi connectivity index (χ0) is 14.4. The van der Waals surface area contributed by atoms with E-state index in [9.17, 15) is 5.11 Å². The molecule has 0 amide bonds. The zero-order valence-corrected chi connectivity index (χ0v) is 11.8. The standard InChI is InChI=1S/C15H20N4O/c1-19(2)14-5-3-12(4-6-14)9-13(10-20)18-15-7-8-16-11-17-15/h3-8,11,13,20H,9-10H2,1-2H3,(H,16,17,18)/t13-/m1/s1. The maximum absolute atomic E-state index is 9.48. The van der Waals surface area contributed by atoms with Gasteiger partial charge in [0.15, 0.2) is 0 Å². The Hall–Kier alpha value is -2.14. The summed E-state index contributed by atoms with van der Waals surface area (Å²) in [5, 5.41) is 12.7. The van der Waals surface area contributed by atoms with Crippen molar-refractivity contribution < 1.29 is 5.11 Å². The number of benzene rings is 1. The van der Waals surface area contributed by atoms with Gasteiger partial charge in [-0.3, -0.25) is 0 Å². The van der Waals surface area contributed by atoms with Gasteiger partial charge < -0.3 is 15.3 Å². The van der Waals surface area contributed by atoms with E-state index in [1.165, 1.54) is 11.9 Å². The second-order valence-corrected chi connectivity index (χ2v) is 4.88. The summed E-state index contributed by atoms with van der Waals surface area (Å²) < 4.78 is 0. The van der Waals surface area contributed by atoms with E-state index in [0.29, 0.717) is 0 Å². The molecular weight excluding hydrogens is 252 g/mol. The van der Waals surface area contributed by atoms with Gasteiger partial charge >= 0.3 is 0 Å². The van der Waals surface area contributed by atoms with Crippen molar-refractivity contribution in [2.24, 2.45) is 0 Å². The van der Waals surface area contributed by atoms with E-state index in [1.807, 2.05) is 14.1 Å². The number of hydrogen-bond donors (Lipinski definition) is 2. The summed E-state index contributed by atoms with van der Waals surface area (Å²) in [7, 11) is 4.03. The zero-order valence-electron chi connectivity index (χ0n) is 11.8. The van der Waals surface area contributed by atoms with E-state index < -0.39 is 0 Å². The maximum atomic E-state index is 9.48. The van der Waals surface area contributed by atoms with Gasteiger partial charge in [-0.05, 0) is 30.2 Å². The van der Waals surface area contributed by atoms with Gasteiger partial charge in [0.05, 0.1) is 12.6 Å². The summed E-state index contributed by atoms with van der Waals surface area (Å²) in [6.07, 6.45) is 3.91. The van der Waals surface area contributed by atoms with Crippen molar-refractivity contribution in [3.05, 3.63) is 48.4 Å². The van der Waals surface area contributed by atoms with Crippen LogP contribution in [0, 0.1) is 0 Å². The third-order valence-corrected chi connectivity index (χ3v) is 3.09. The lowest BCUT2D eigenvalue weighted by atomic mass is 10.1. The molecular formula is C15H20N4O. The molecule has 0 aliphatic carbocycles. The highest BCUT2D eigenvalue weighted by molar-refractivity contribution is 5.46. The van der Waals surface area contributed by atoms with Crippen molar-refractivity contribution >= 4 is 11.5 Å². The molecule has 2 N–H and O–H groups in total. The monoisotopic (exact) mass is 272 g/mol. The van der Waals surface area contributed by atoms with E-state index in [-0.39, 0.29) is 12.6 Å². The summed E-state index contributed by atoms with van der Waals surface area (Å²) in [5.41, 5.74) is 2.34. The molecule has 106 valence electrons. The molecule has 0 aliphatic rings. The number of aliphatic hydroxyl groups is 1. The first-order valence-electron chi connectivity index (χ1n) is 6.58. The van der Waals surface area contributed by atoms with Gasteiger partial charge in [0.1, 0.15) is 12.1 Å². The number of rotatable bonds is 6. The predicted molar refractivity (Wildman–Crippen MR) is 81.0 cm³/mol. The number of nitrogens with zero attached hydrogens (tertiary/aromatic N) is 3. The SMILES string of the molecule is CN(C)c1ccc(C[C@H](CO)Nc2ccncn2)cc1. The number of anilines is 2. The van der Waals surface area contributed by atoms with Crippen molar-refractivity contribution in [2.75, 3.05) is 30.9 Å². The Balaban J connectivity index is 1.99. The topological polar surface area (TPSA) is 61.3 Å². The molecule has 2 aromatic rings. The summed E-state index contributed by atoms with van der Waals surface area (Å²) in [5.74, 6) is 0.726. The molecule has 0 saturated heterocycles. The van der Waals surface area contributed by atoms with Crippen LogP contribution < -0.4 is 10.2 Å². The Labute approximate surface area is 119 Å². The van der Waals surface area contributed by atoms with Gasteiger partial charge in [0.2, 0.25) is 0 Å². The van der Waals surface area contributed by atoms with E-state index in [4.69, 9.17) is 0 Å². The normalized spacial score (nSPS) is 11.9. The molecule has 2 rings (SSSR count). The first-order valence-corrected chi connectivity index (χ1v) is 6.58. The van der Waals surface area contributed by atoms with Gasteiger partial charge in [0.25, 0.3) is 0 Å². The summed E-state index contributed by atoms with van der Waals surface area (Å²) in [4.78, 5) is 10.0. The molecule has 1 aromatic carbocycles. The van der Waals surface area contributed by atoms with Crippen molar-refractivity contribution in [3.8, 4) is 0 Å². The van der Waals surface area contributed by atoms with Gasteiger partial charge in [-0.25, -0.2) is 9.97 Å². The minimum absolute atomic E-state index is 0.0550. The Morgan fingerprint density at radius 2 is 1.95 bits per heavy atom. The smallest absolute Gasteiger partial charge is 0.129 e. The molecule has 0 aliphatic heterocycles. The molecule has 0 bridgehead atoms. The maximum Gasteiger partial charge on any atom is 0.129 e. The molecule has 5 heteroatoms. The summed E-state index contributed by atoms with van der Waals surface area (Å²) >= 11 is 0. The van der Waals surface area contributed by atoms with Crippen LogP contribution in [0.5, 0.6) is 0 Å². The summed E-state index contributed by atoms with van der Waals surface area (Å²) in [6.45, 7) is 0.0550. The van der Waals surface area contributed by atoms with Crippen molar-refractivity contribution in [3.63, 3.8) is 0 Å². The fraction of sp³-hybridized carbons (Fsp3) is 0.333. The lowest BCUT2D eigenvalue weighted by Crippen LogP contribution is -2.26. The Morgan fingerprint density at radius 1 is 1.20 bits per heavy atom. The van der Waals surface area contributed by atoms with Crippen LogP contribution in [-0.4, -0.2) is 41.8 Å². The van der Waals surface area contributed by atoms with Gasteiger partial charge in [0, 0.05) is 26.0 Å². The van der Waals surface area contributed by atoms with Crippen LogP contribution in [0.15, 0.2) is 42.9 Å². The highest BCUT2D eigenvalue weighted by Gasteiger charge is 2.09. The van der Waals surface area contributed by atoms with E-state index in [1.54, 1.807) is 12.3 Å². The van der Waals surface area contributed by atoms with Crippen molar-refractivity contribution in [1.82, 2.24) is 9.97 Å². The third-order valence-electron chi connectivity index (χ3n) is 3.09. The summed E-state index contributed by atoms with van der Waals surface area (Å²) in [6, 6.07) is 10.1. The van der Waals surface area contributed by atoms with Crippen LogP contribution >= 0.6 is 0 Å². The predicted octanol–water partition coefficient (Wildman–Crippen LogP) is 1.56. The van der Waals surface area contributed by atoms with Crippen LogP contribution in [-0.2, 0) is 6.42 Å². The Morgan fingerprint density at radius 3 is 2.50 bits per heavy atom. The number of aromatic nitrogens is 2. The number of aliphatic hydroxyl groups excluding tert-OH is 1. The highest BCUT2D eigenvalue weighted by atomic mass is 16.3. The average molecular weight is 272 g/mol. The van der Waals surface area contributed by atoms with Crippen molar-refractivity contribution in [2.45, 2.75) is 12.5 Å². The molecule has 20 heavy (non-hydrogen) atoms. The molecule has 5 nitrogen and oxygen atoms in total. The minimum atomic E-state index is -0.0601. The molecule has 0 radical (unpaired) electrons. The molecule has 1 aromatic heterocycles. The quantitative estimate of drug-likeness (QED) is 0.835. The van der Waals surface area contributed by atoms with Crippen LogP contribution in [0.4, 0.5) is 11.5 Å². The van der Waals surface area contributed by atoms with Gasteiger partial charge in [-0.1, -0.05) is 12.1 Å². The largest absolute Gasteiger partial charge is 0.394 e. The molecule has 0 unspecified atom stereocenters. The highest BCUT2D eigenvalue weighted by Crippen LogP contribution is 2.14. The van der Waals surface area contributed by atoms with Gasteiger partial charge in [-0.2, -0.15) is 0 Å². The Bertz CT molecular complexity index is 513. The molecule has 1 atom stereocenters. The second kappa shape index (κ2) is 6.86. The number of nitrogens with one attached hydrogen (secondary N) is 1. The molecule has 0 spiro atoms. The number of hydrogen-bond acceptors (Lipinski definition) is 5. The Kier molecular flexibility index (Phi) is 4.90. The van der Waals surface area contributed by atoms with E-state index >= 15 is 0 Å². The first kappa shape index (κ1) is 14.3. The van der Waals surface area contributed by atoms with E-state index in [0.717, 1.165) is 17.9 Å². The fourth-order valence-electron chi connectivity index (χ4n) is 1.96. The minimum Gasteiger partial charge on any atom is -0.394 e. The average Bonchev–Trinajstić information content (AvgIpc) is 2.48. The van der Waals surface area contributed by atoms with Crippen LogP contribution in [0.1, 0.15) is 5.56 Å². The fourth-order valence-corrected chi connectivity index (χ4v) is 1.96. The molecule has 0 fully saturated rings. The lowest BCUT2D eigenvalue weighted by molar-refractivity contribution is 0.273. The van der Waals surface area contributed by atoms with Crippen LogP contribution in [0.3, 0.4) is 0 Å². The second-order valence-electron chi connectivity index (χ2n) is 4.88. The first-order chi connectivity index (χ1) is 9.69. The van der Waals surface area contributed by atoms with Gasteiger partial charge in [-0.15, -0.1) is 0 Å². The van der Waals surface area contributed by atoms with Crippen LogP contribution in [0.2, 0.25) is 0 Å². The third kappa shape index (κ3) is 3.93. The van der Waals surface area contributed by atoms with Crippen LogP contribution in [0.25, 0.3) is 0 Å². The van der Waals surface area contributed by atoms with E-state index in [2.05, 4.69) is 44.5 Å². The van der Waals surface area contributed by atoms with Crippen molar-refractivity contribution in [1.29, 1.82) is 0 Å². The lowest BCUT2D eigenvalue weighted by Gasteiger charge is -2.18. The molecule has 1 heterocycles. The molecule has 0 saturated carbocycles.